The number of ether oxygens (including phenoxy) is 4. The molecule has 3 aromatic rings. The summed E-state index contributed by atoms with van der Waals surface area (Å²) < 4.78 is 22.3. The molecule has 1 saturated heterocycles. The monoisotopic (exact) mass is 581 g/mol. The summed E-state index contributed by atoms with van der Waals surface area (Å²) in [7, 11) is 3.00. The van der Waals surface area contributed by atoms with E-state index < -0.39 is 12.1 Å². The van der Waals surface area contributed by atoms with Gasteiger partial charge in [0.15, 0.2) is 0 Å². The minimum atomic E-state index is -0.828. The van der Waals surface area contributed by atoms with E-state index in [2.05, 4.69) is 6.92 Å². The lowest BCUT2D eigenvalue weighted by Gasteiger charge is -2.27. The third-order valence-corrected chi connectivity index (χ3v) is 8.27. The van der Waals surface area contributed by atoms with Crippen LogP contribution in [0, 0.1) is 0 Å². The molecule has 0 saturated carbocycles. The maximum atomic E-state index is 12.9. The van der Waals surface area contributed by atoms with Crippen molar-refractivity contribution in [1.82, 2.24) is 0 Å². The molecular weight excluding hydrogens is 542 g/mol. The Morgan fingerprint density at radius 3 is 2.46 bits per heavy atom. The van der Waals surface area contributed by atoms with Crippen LogP contribution in [0.1, 0.15) is 70.8 Å². The van der Waals surface area contributed by atoms with Gasteiger partial charge < -0.3 is 29.0 Å². The predicted octanol–water partition coefficient (Wildman–Crippen LogP) is 6.06. The van der Waals surface area contributed by atoms with Gasteiger partial charge >= 0.3 is 5.97 Å². The largest absolute Gasteiger partial charge is 0.497 e. The molecule has 220 valence electrons. The van der Waals surface area contributed by atoms with Crippen LogP contribution in [-0.4, -0.2) is 50.0 Å². The Morgan fingerprint density at radius 2 is 1.78 bits per heavy atom. The van der Waals surface area contributed by atoms with Crippen LogP contribution in [0.5, 0.6) is 5.75 Å². The van der Waals surface area contributed by atoms with Gasteiger partial charge in [-0.3, -0.25) is 4.79 Å². The zero-order chi connectivity index (χ0) is 29.2. The zero-order valence-corrected chi connectivity index (χ0v) is 24.7. The number of amides is 1. The number of methoxy groups -OCH3 is 2. The van der Waals surface area contributed by atoms with Gasteiger partial charge in [0, 0.05) is 10.6 Å². The quantitative estimate of drug-likeness (QED) is 0.172. The van der Waals surface area contributed by atoms with E-state index in [4.69, 9.17) is 18.9 Å². The van der Waals surface area contributed by atoms with E-state index in [9.17, 15) is 14.7 Å². The molecule has 0 spiro atoms. The number of aliphatic hydroxyl groups is 1. The Hall–Kier alpha value is -3.24. The molecule has 1 amide bonds. The Labute approximate surface area is 245 Å². The number of unbranched alkanes of at least 4 members (excludes halogenated alkanes) is 2. The number of esters is 1. The van der Waals surface area contributed by atoms with Gasteiger partial charge in [-0.1, -0.05) is 50.5 Å². The van der Waals surface area contributed by atoms with Crippen molar-refractivity contribution < 1.29 is 33.6 Å². The van der Waals surface area contributed by atoms with Crippen molar-refractivity contribution in [1.29, 1.82) is 0 Å². The molecule has 1 unspecified atom stereocenters. The molecule has 9 heteroatoms. The number of aliphatic hydroxyl groups excluding tert-OH is 1. The topological polar surface area (TPSA) is 94.5 Å². The lowest BCUT2D eigenvalue weighted by molar-refractivity contribution is -0.117. The van der Waals surface area contributed by atoms with Crippen molar-refractivity contribution in [3.8, 4) is 5.75 Å². The van der Waals surface area contributed by atoms with Gasteiger partial charge in [0.2, 0.25) is 5.91 Å². The van der Waals surface area contributed by atoms with Crippen LogP contribution in [0.25, 0.3) is 0 Å². The van der Waals surface area contributed by atoms with Gasteiger partial charge in [0.05, 0.1) is 58.7 Å². The van der Waals surface area contributed by atoms with Crippen molar-refractivity contribution in [3.63, 3.8) is 0 Å². The molecule has 41 heavy (non-hydrogen) atoms. The van der Waals surface area contributed by atoms with Crippen LogP contribution in [0.2, 0.25) is 0 Å². The third-order valence-electron chi connectivity index (χ3n) is 7.23. The summed E-state index contributed by atoms with van der Waals surface area (Å²) in [5, 5.41) is 10.6. The molecule has 0 bridgehead atoms. The Bertz CT molecular complexity index is 1260. The van der Waals surface area contributed by atoms with E-state index in [0.29, 0.717) is 11.5 Å². The first-order valence-corrected chi connectivity index (χ1v) is 14.8. The third kappa shape index (κ3) is 8.16. The second kappa shape index (κ2) is 15.1. The van der Waals surface area contributed by atoms with E-state index in [1.807, 2.05) is 54.6 Å². The van der Waals surface area contributed by atoms with E-state index in [1.54, 1.807) is 18.1 Å². The van der Waals surface area contributed by atoms with Gasteiger partial charge in [-0.25, -0.2) is 4.79 Å². The molecule has 2 aromatic carbocycles. The minimum Gasteiger partial charge on any atom is -0.497 e. The maximum absolute atomic E-state index is 12.9. The number of rotatable bonds is 15. The normalized spacial score (nSPS) is 17.6. The van der Waals surface area contributed by atoms with Crippen LogP contribution in [-0.2, 0) is 32.2 Å². The highest BCUT2D eigenvalue weighted by molar-refractivity contribution is 7.13. The molecule has 3 atom stereocenters. The standard InChI is InChI=1S/C32H39NO7S/c1-4-5-6-7-29(40-19-22-8-14-25(37-2)15-9-22)23-10-12-24(13-11-23)33-27(28(34)18-31(33)35)21-39-20-26-16-17-30(41-26)32(36)38-3/h8-17,27-29,34H,4-7,18-21H2,1-3H3/t27-,28+,29?/m0/s1. The highest BCUT2D eigenvalue weighted by atomic mass is 32.1. The summed E-state index contributed by atoms with van der Waals surface area (Å²) in [6.07, 6.45) is 3.38. The van der Waals surface area contributed by atoms with E-state index in [0.717, 1.165) is 53.1 Å². The second-order valence-corrected chi connectivity index (χ2v) is 11.3. The molecule has 1 fully saturated rings. The molecule has 1 N–H and O–H groups in total. The molecule has 2 heterocycles. The predicted molar refractivity (Wildman–Crippen MR) is 158 cm³/mol. The van der Waals surface area contributed by atoms with E-state index in [1.165, 1.54) is 18.4 Å². The first-order valence-electron chi connectivity index (χ1n) is 14.0. The van der Waals surface area contributed by atoms with E-state index in [-0.39, 0.29) is 37.6 Å². The van der Waals surface area contributed by atoms with Crippen LogP contribution in [0.4, 0.5) is 5.69 Å². The molecule has 0 radical (unpaired) electrons. The number of benzene rings is 2. The smallest absolute Gasteiger partial charge is 0.348 e. The summed E-state index contributed by atoms with van der Waals surface area (Å²) in [5.74, 6) is 0.290. The molecule has 1 aromatic heterocycles. The Balaban J connectivity index is 1.40. The first-order chi connectivity index (χ1) is 19.9. The van der Waals surface area contributed by atoms with Crippen molar-refractivity contribution >= 4 is 28.9 Å². The van der Waals surface area contributed by atoms with Crippen LogP contribution >= 0.6 is 11.3 Å². The number of hydrogen-bond donors (Lipinski definition) is 1. The van der Waals surface area contributed by atoms with Gasteiger partial charge in [-0.2, -0.15) is 0 Å². The molecular formula is C32H39NO7S. The highest BCUT2D eigenvalue weighted by Crippen LogP contribution is 2.32. The maximum Gasteiger partial charge on any atom is 0.348 e. The summed E-state index contributed by atoms with van der Waals surface area (Å²) in [6, 6.07) is 18.8. The molecule has 0 aliphatic carbocycles. The van der Waals surface area contributed by atoms with Crippen molar-refractivity contribution in [2.75, 3.05) is 25.7 Å². The number of anilines is 1. The lowest BCUT2D eigenvalue weighted by atomic mass is 10.0. The summed E-state index contributed by atoms with van der Waals surface area (Å²) in [6.45, 7) is 3.12. The summed E-state index contributed by atoms with van der Waals surface area (Å²) in [4.78, 5) is 27.6. The van der Waals surface area contributed by atoms with Gasteiger partial charge in [0.1, 0.15) is 10.6 Å². The minimum absolute atomic E-state index is 0.0475. The number of thiophene rings is 1. The Morgan fingerprint density at radius 1 is 1.02 bits per heavy atom. The molecule has 1 aliphatic rings. The highest BCUT2D eigenvalue weighted by Gasteiger charge is 2.39. The fourth-order valence-electron chi connectivity index (χ4n) is 4.93. The number of carbonyl (C=O) groups excluding carboxylic acids is 2. The average molecular weight is 582 g/mol. The number of hydrogen-bond acceptors (Lipinski definition) is 8. The van der Waals surface area contributed by atoms with Gasteiger partial charge in [-0.15, -0.1) is 11.3 Å². The summed E-state index contributed by atoms with van der Waals surface area (Å²) >= 11 is 1.30. The second-order valence-electron chi connectivity index (χ2n) is 10.1. The molecule has 4 rings (SSSR count). The van der Waals surface area contributed by atoms with Gasteiger partial charge in [-0.05, 0) is 53.9 Å². The number of nitrogens with zero attached hydrogens (tertiary/aromatic N) is 1. The SMILES string of the molecule is CCCCCC(OCc1ccc(OC)cc1)c1ccc(N2C(=O)C[C@@H](O)[C@@H]2COCc2ccc(C(=O)OC)s2)cc1. The Kier molecular flexibility index (Phi) is 11.3. The van der Waals surface area contributed by atoms with Crippen LogP contribution in [0.3, 0.4) is 0 Å². The summed E-state index contributed by atoms with van der Waals surface area (Å²) in [5.41, 5.74) is 2.85. The van der Waals surface area contributed by atoms with Crippen LogP contribution < -0.4 is 9.64 Å². The van der Waals surface area contributed by atoms with Crippen molar-refractivity contribution in [2.24, 2.45) is 0 Å². The van der Waals surface area contributed by atoms with Crippen LogP contribution in [0.15, 0.2) is 60.7 Å². The van der Waals surface area contributed by atoms with Crippen molar-refractivity contribution in [3.05, 3.63) is 81.5 Å². The fraction of sp³-hybridized carbons (Fsp3) is 0.438. The molecule has 1 aliphatic heterocycles. The first kappa shape index (κ1) is 30.7. The number of carbonyl (C=O) groups is 2. The van der Waals surface area contributed by atoms with Gasteiger partial charge in [0.25, 0.3) is 0 Å². The fourth-order valence-corrected chi connectivity index (χ4v) is 5.80. The molecule has 8 nitrogen and oxygen atoms in total. The van der Waals surface area contributed by atoms with E-state index >= 15 is 0 Å². The zero-order valence-electron chi connectivity index (χ0n) is 23.9. The average Bonchev–Trinajstić information content (AvgIpc) is 3.58. The lowest BCUT2D eigenvalue weighted by Crippen LogP contribution is -2.40. The van der Waals surface area contributed by atoms with Crippen molar-refractivity contribution in [2.45, 2.75) is 70.5 Å².